The number of amides is 2. The van der Waals surface area contributed by atoms with Crippen molar-refractivity contribution >= 4 is 29.9 Å². The number of methoxy groups -OCH3 is 1. The Hall–Kier alpha value is -1.79. The molecule has 0 unspecified atom stereocenters. The van der Waals surface area contributed by atoms with Gasteiger partial charge in [0.15, 0.2) is 0 Å². The number of nitrogens with zero attached hydrogens (tertiary/aromatic N) is 1. The van der Waals surface area contributed by atoms with Crippen LogP contribution in [0, 0.1) is 0 Å². The van der Waals surface area contributed by atoms with Crippen molar-refractivity contribution in [2.24, 2.45) is 0 Å². The van der Waals surface area contributed by atoms with Crippen LogP contribution in [0.3, 0.4) is 0 Å². The molecular weight excluding hydrogens is 294 g/mol. The molecule has 0 saturated heterocycles. The van der Waals surface area contributed by atoms with Crippen LogP contribution in [-0.4, -0.2) is 51.5 Å². The van der Waals surface area contributed by atoms with E-state index in [1.165, 1.54) is 12.0 Å². The van der Waals surface area contributed by atoms with Gasteiger partial charge in [-0.25, -0.2) is 0 Å². The van der Waals surface area contributed by atoms with Crippen LogP contribution < -0.4 is 15.4 Å². The summed E-state index contributed by atoms with van der Waals surface area (Å²) in [6.07, 6.45) is 0.373. The SMILES string of the molecule is CNCCC(=O)Nc1ccc(C(=O)N(C)C)cc1OC.Cl. The van der Waals surface area contributed by atoms with Crippen molar-refractivity contribution in [3.05, 3.63) is 23.8 Å². The minimum Gasteiger partial charge on any atom is -0.495 e. The topological polar surface area (TPSA) is 70.7 Å². The molecule has 0 spiro atoms. The van der Waals surface area contributed by atoms with E-state index in [9.17, 15) is 9.59 Å². The van der Waals surface area contributed by atoms with Gasteiger partial charge >= 0.3 is 0 Å². The third-order valence-corrected chi connectivity index (χ3v) is 2.73. The van der Waals surface area contributed by atoms with E-state index in [1.54, 1.807) is 39.3 Å². The van der Waals surface area contributed by atoms with Crippen LogP contribution in [0.5, 0.6) is 5.75 Å². The number of hydrogen-bond donors (Lipinski definition) is 2. The largest absolute Gasteiger partial charge is 0.495 e. The predicted octanol–water partition coefficient (Wildman–Crippen LogP) is 1.37. The molecule has 2 amide bonds. The number of halogens is 1. The summed E-state index contributed by atoms with van der Waals surface area (Å²) in [5.74, 6) is 0.246. The van der Waals surface area contributed by atoms with E-state index in [0.29, 0.717) is 30.0 Å². The van der Waals surface area contributed by atoms with E-state index in [-0.39, 0.29) is 24.2 Å². The van der Waals surface area contributed by atoms with E-state index in [4.69, 9.17) is 4.74 Å². The summed E-state index contributed by atoms with van der Waals surface area (Å²) in [5, 5.41) is 5.67. The molecular formula is C14H22ClN3O3. The van der Waals surface area contributed by atoms with Gasteiger partial charge in [0.2, 0.25) is 5.91 Å². The Balaban J connectivity index is 0.00000400. The second kappa shape index (κ2) is 9.20. The molecule has 0 radical (unpaired) electrons. The molecule has 0 aromatic heterocycles. The highest BCUT2D eigenvalue weighted by Crippen LogP contribution is 2.26. The monoisotopic (exact) mass is 315 g/mol. The summed E-state index contributed by atoms with van der Waals surface area (Å²) < 4.78 is 5.22. The molecule has 1 rings (SSSR count). The Labute approximate surface area is 131 Å². The smallest absolute Gasteiger partial charge is 0.253 e. The molecule has 0 aliphatic carbocycles. The summed E-state index contributed by atoms with van der Waals surface area (Å²) in [6.45, 7) is 0.603. The molecule has 21 heavy (non-hydrogen) atoms. The Morgan fingerprint density at radius 3 is 2.48 bits per heavy atom. The lowest BCUT2D eigenvalue weighted by molar-refractivity contribution is -0.116. The highest BCUT2D eigenvalue weighted by atomic mass is 35.5. The predicted molar refractivity (Wildman–Crippen MR) is 85.4 cm³/mol. The fourth-order valence-corrected chi connectivity index (χ4v) is 1.64. The Bertz CT molecular complexity index is 492. The molecule has 2 N–H and O–H groups in total. The number of ether oxygens (including phenoxy) is 1. The summed E-state index contributed by atoms with van der Waals surface area (Å²) in [5.41, 5.74) is 1.07. The van der Waals surface area contributed by atoms with Crippen LogP contribution in [0.1, 0.15) is 16.8 Å². The molecule has 6 nitrogen and oxygen atoms in total. The number of carbonyl (C=O) groups excluding carboxylic acids is 2. The first-order valence-electron chi connectivity index (χ1n) is 6.33. The van der Waals surface area contributed by atoms with E-state index in [0.717, 1.165) is 0 Å². The first kappa shape index (κ1) is 19.2. The molecule has 1 aromatic carbocycles. The lowest BCUT2D eigenvalue weighted by Gasteiger charge is -2.14. The molecule has 0 fully saturated rings. The van der Waals surface area contributed by atoms with Gasteiger partial charge in [-0.2, -0.15) is 0 Å². The Kier molecular flexibility index (Phi) is 8.42. The number of hydrogen-bond acceptors (Lipinski definition) is 4. The van der Waals surface area contributed by atoms with Gasteiger partial charge in [-0.3, -0.25) is 9.59 Å². The first-order valence-corrected chi connectivity index (χ1v) is 6.33. The van der Waals surface area contributed by atoms with Crippen LogP contribution in [0.2, 0.25) is 0 Å². The van der Waals surface area contributed by atoms with Gasteiger partial charge in [-0.05, 0) is 25.2 Å². The number of rotatable bonds is 6. The van der Waals surface area contributed by atoms with Crippen LogP contribution in [0.15, 0.2) is 18.2 Å². The van der Waals surface area contributed by atoms with Crippen LogP contribution in [0.4, 0.5) is 5.69 Å². The minimum absolute atomic E-state index is 0. The standard InChI is InChI=1S/C14H21N3O3.ClH/c1-15-8-7-13(18)16-11-6-5-10(9-12(11)20-4)14(19)17(2)3;/h5-6,9,15H,7-8H2,1-4H3,(H,16,18);1H. The second-order valence-electron chi connectivity index (χ2n) is 4.52. The van der Waals surface area contributed by atoms with E-state index in [2.05, 4.69) is 10.6 Å². The van der Waals surface area contributed by atoms with Crippen LogP contribution >= 0.6 is 12.4 Å². The fraction of sp³-hybridized carbons (Fsp3) is 0.429. The molecule has 118 valence electrons. The van der Waals surface area contributed by atoms with E-state index < -0.39 is 0 Å². The third kappa shape index (κ3) is 5.61. The highest BCUT2D eigenvalue weighted by Gasteiger charge is 2.13. The van der Waals surface area contributed by atoms with Gasteiger partial charge in [-0.1, -0.05) is 0 Å². The zero-order valence-corrected chi connectivity index (χ0v) is 13.5. The highest BCUT2D eigenvalue weighted by molar-refractivity contribution is 5.97. The summed E-state index contributed by atoms with van der Waals surface area (Å²) in [7, 11) is 6.66. The van der Waals surface area contributed by atoms with Gasteiger partial charge in [0.1, 0.15) is 5.75 Å². The lowest BCUT2D eigenvalue weighted by atomic mass is 10.1. The Morgan fingerprint density at radius 2 is 1.95 bits per heavy atom. The van der Waals surface area contributed by atoms with Gasteiger partial charge in [-0.15, -0.1) is 12.4 Å². The van der Waals surface area contributed by atoms with E-state index >= 15 is 0 Å². The summed E-state index contributed by atoms with van der Waals surface area (Å²) >= 11 is 0. The number of nitrogens with one attached hydrogen (secondary N) is 2. The molecule has 0 aliphatic rings. The van der Waals surface area contributed by atoms with E-state index in [1.807, 2.05) is 0 Å². The van der Waals surface area contributed by atoms with Crippen LogP contribution in [0.25, 0.3) is 0 Å². The van der Waals surface area contributed by atoms with Gasteiger partial charge in [0.05, 0.1) is 12.8 Å². The van der Waals surface area contributed by atoms with Crippen molar-refractivity contribution in [1.29, 1.82) is 0 Å². The normalized spacial score (nSPS) is 9.52. The molecule has 0 heterocycles. The van der Waals surface area contributed by atoms with Crippen molar-refractivity contribution in [3.63, 3.8) is 0 Å². The summed E-state index contributed by atoms with van der Waals surface area (Å²) in [4.78, 5) is 25.0. The van der Waals surface area contributed by atoms with Crippen molar-refractivity contribution in [2.45, 2.75) is 6.42 Å². The quantitative estimate of drug-likeness (QED) is 0.832. The van der Waals surface area contributed by atoms with Crippen molar-refractivity contribution in [3.8, 4) is 5.75 Å². The van der Waals surface area contributed by atoms with Crippen molar-refractivity contribution in [1.82, 2.24) is 10.2 Å². The molecule has 0 bridgehead atoms. The average molecular weight is 316 g/mol. The Morgan fingerprint density at radius 1 is 1.29 bits per heavy atom. The van der Waals surface area contributed by atoms with Gasteiger partial charge in [0, 0.05) is 32.6 Å². The maximum atomic E-state index is 11.9. The maximum Gasteiger partial charge on any atom is 0.253 e. The first-order chi connectivity index (χ1) is 9.49. The van der Waals surface area contributed by atoms with Gasteiger partial charge in [0.25, 0.3) is 5.91 Å². The molecule has 0 atom stereocenters. The zero-order valence-electron chi connectivity index (χ0n) is 12.7. The molecule has 1 aromatic rings. The number of benzene rings is 1. The second-order valence-corrected chi connectivity index (χ2v) is 4.52. The minimum atomic E-state index is -0.114. The lowest BCUT2D eigenvalue weighted by Crippen LogP contribution is -2.22. The van der Waals surface area contributed by atoms with Gasteiger partial charge < -0.3 is 20.3 Å². The summed E-state index contributed by atoms with van der Waals surface area (Å²) in [6, 6.07) is 4.96. The number of carbonyl (C=O) groups is 2. The fourth-order valence-electron chi connectivity index (χ4n) is 1.64. The number of anilines is 1. The van der Waals surface area contributed by atoms with Crippen molar-refractivity contribution < 1.29 is 14.3 Å². The van der Waals surface area contributed by atoms with Crippen LogP contribution in [-0.2, 0) is 4.79 Å². The zero-order chi connectivity index (χ0) is 15.1. The molecule has 0 aliphatic heterocycles. The average Bonchev–Trinajstić information content (AvgIpc) is 2.44. The maximum absolute atomic E-state index is 11.9. The molecule has 7 heteroatoms. The third-order valence-electron chi connectivity index (χ3n) is 2.73. The van der Waals surface area contributed by atoms with Crippen molar-refractivity contribution in [2.75, 3.05) is 40.1 Å². The molecule has 0 saturated carbocycles.